The van der Waals surface area contributed by atoms with E-state index in [4.69, 9.17) is 0 Å². The van der Waals surface area contributed by atoms with Crippen LogP contribution in [-0.2, 0) is 0 Å². The molecule has 1 rings (SSSR count). The Kier molecular flexibility index (Phi) is 5.06. The van der Waals surface area contributed by atoms with Gasteiger partial charge in [-0.05, 0) is 29.2 Å². The zero-order valence-corrected chi connectivity index (χ0v) is 14.0. The van der Waals surface area contributed by atoms with Gasteiger partial charge in [0.05, 0.1) is 5.60 Å². The van der Waals surface area contributed by atoms with Crippen molar-refractivity contribution in [3.63, 3.8) is 0 Å². The molecule has 0 saturated heterocycles. The molecular weight excluding hydrogens is 232 g/mol. The zero-order valence-electron chi connectivity index (χ0n) is 14.0. The summed E-state index contributed by atoms with van der Waals surface area (Å²) in [4.78, 5) is 0. The molecule has 0 aromatic heterocycles. The van der Waals surface area contributed by atoms with Crippen molar-refractivity contribution in [3.8, 4) is 0 Å². The molecule has 1 aliphatic carbocycles. The van der Waals surface area contributed by atoms with Gasteiger partial charge in [-0.15, -0.1) is 0 Å². The quantitative estimate of drug-likeness (QED) is 0.771. The number of hydrogen-bond donors (Lipinski definition) is 1. The third kappa shape index (κ3) is 2.97. The maximum Gasteiger partial charge on any atom is 0.0921 e. The average molecular weight is 264 g/mol. The summed E-state index contributed by atoms with van der Waals surface area (Å²) in [6.07, 6.45) is 4.24. The monoisotopic (exact) mass is 264 g/mol. The van der Waals surface area contributed by atoms with Gasteiger partial charge in [-0.1, -0.05) is 73.1 Å². The first kappa shape index (κ1) is 16.5. The summed E-state index contributed by atoms with van der Waals surface area (Å²) >= 11 is 0. The standard InChI is InChI=1S/C18H32O/c1-11(2)15-9-10-18(19,14(7)8)17(13(5)6)16(15)12(3)4/h9-14,17,19H,1-8H3. The van der Waals surface area contributed by atoms with E-state index < -0.39 is 5.60 Å². The molecule has 1 heteroatoms. The minimum absolute atomic E-state index is 0.231. The Hall–Kier alpha value is -0.560. The number of allylic oxidation sites excluding steroid dienone is 2. The molecule has 1 aliphatic rings. The SMILES string of the molecule is CC(C)C1=C(C(C)C)C(C(C)C)C(O)(C(C)C)C=C1. The Bertz CT molecular complexity index is 371. The van der Waals surface area contributed by atoms with Crippen LogP contribution in [0.4, 0.5) is 0 Å². The molecular formula is C18H32O. The van der Waals surface area contributed by atoms with Crippen LogP contribution in [0, 0.1) is 29.6 Å². The molecule has 2 atom stereocenters. The molecule has 2 unspecified atom stereocenters. The maximum atomic E-state index is 11.2. The predicted molar refractivity (Wildman–Crippen MR) is 84.0 cm³/mol. The summed E-state index contributed by atoms with van der Waals surface area (Å²) in [5.41, 5.74) is 2.19. The van der Waals surface area contributed by atoms with Crippen LogP contribution in [0.2, 0.25) is 0 Å². The highest BCUT2D eigenvalue weighted by Gasteiger charge is 2.44. The largest absolute Gasteiger partial charge is 0.385 e. The van der Waals surface area contributed by atoms with Crippen LogP contribution >= 0.6 is 0 Å². The smallest absolute Gasteiger partial charge is 0.0921 e. The second-order valence-corrected chi connectivity index (χ2v) is 7.32. The van der Waals surface area contributed by atoms with Crippen molar-refractivity contribution in [2.45, 2.75) is 61.0 Å². The highest BCUT2D eigenvalue weighted by atomic mass is 16.3. The fourth-order valence-corrected chi connectivity index (χ4v) is 3.51. The number of rotatable bonds is 4. The summed E-state index contributed by atoms with van der Waals surface area (Å²) in [7, 11) is 0. The van der Waals surface area contributed by atoms with Gasteiger partial charge in [0.25, 0.3) is 0 Å². The molecule has 0 spiro atoms. The average Bonchev–Trinajstić information content (AvgIpc) is 2.26. The highest BCUT2D eigenvalue weighted by molar-refractivity contribution is 5.39. The van der Waals surface area contributed by atoms with Crippen molar-refractivity contribution in [3.05, 3.63) is 23.3 Å². The molecule has 0 aromatic rings. The van der Waals surface area contributed by atoms with Crippen LogP contribution in [-0.4, -0.2) is 10.7 Å². The molecule has 19 heavy (non-hydrogen) atoms. The fourth-order valence-electron chi connectivity index (χ4n) is 3.51. The Labute approximate surface area is 119 Å². The molecule has 0 heterocycles. The normalized spacial score (nSPS) is 28.4. The molecule has 0 saturated carbocycles. The molecule has 1 nitrogen and oxygen atoms in total. The lowest BCUT2D eigenvalue weighted by Gasteiger charge is -2.46. The third-order valence-corrected chi connectivity index (χ3v) is 4.53. The van der Waals surface area contributed by atoms with E-state index in [1.54, 1.807) is 0 Å². The molecule has 110 valence electrons. The van der Waals surface area contributed by atoms with Crippen molar-refractivity contribution >= 4 is 0 Å². The first-order valence-corrected chi connectivity index (χ1v) is 7.78. The van der Waals surface area contributed by atoms with Crippen LogP contribution in [0.3, 0.4) is 0 Å². The molecule has 1 N–H and O–H groups in total. The lowest BCUT2D eigenvalue weighted by atomic mass is 9.62. The molecule has 0 amide bonds. The van der Waals surface area contributed by atoms with E-state index in [9.17, 15) is 5.11 Å². The highest BCUT2D eigenvalue weighted by Crippen LogP contribution is 2.46. The molecule has 0 bridgehead atoms. The van der Waals surface area contributed by atoms with Gasteiger partial charge in [0.2, 0.25) is 0 Å². The maximum absolute atomic E-state index is 11.2. The van der Waals surface area contributed by atoms with Gasteiger partial charge in [-0.25, -0.2) is 0 Å². The van der Waals surface area contributed by atoms with Gasteiger partial charge in [0.15, 0.2) is 0 Å². The van der Waals surface area contributed by atoms with Crippen LogP contribution < -0.4 is 0 Å². The van der Waals surface area contributed by atoms with E-state index in [2.05, 4.69) is 67.5 Å². The second-order valence-electron chi connectivity index (χ2n) is 7.32. The van der Waals surface area contributed by atoms with Crippen molar-refractivity contribution in [2.75, 3.05) is 0 Å². The van der Waals surface area contributed by atoms with Crippen molar-refractivity contribution in [1.29, 1.82) is 0 Å². The fraction of sp³-hybridized carbons (Fsp3) is 0.778. The van der Waals surface area contributed by atoms with Crippen LogP contribution in [0.25, 0.3) is 0 Å². The first-order chi connectivity index (χ1) is 8.62. The minimum atomic E-state index is -0.702. The van der Waals surface area contributed by atoms with E-state index in [-0.39, 0.29) is 11.8 Å². The van der Waals surface area contributed by atoms with Gasteiger partial charge < -0.3 is 5.11 Å². The summed E-state index contributed by atoms with van der Waals surface area (Å²) in [6, 6.07) is 0. The lowest BCUT2D eigenvalue weighted by Crippen LogP contribution is -2.47. The zero-order chi connectivity index (χ0) is 15.0. The number of aliphatic hydroxyl groups is 1. The molecule has 0 fully saturated rings. The van der Waals surface area contributed by atoms with Crippen LogP contribution in [0.15, 0.2) is 23.3 Å². The molecule has 0 aliphatic heterocycles. The van der Waals surface area contributed by atoms with Gasteiger partial charge in [-0.3, -0.25) is 0 Å². The van der Waals surface area contributed by atoms with E-state index in [0.29, 0.717) is 17.8 Å². The Morgan fingerprint density at radius 2 is 1.47 bits per heavy atom. The van der Waals surface area contributed by atoms with Crippen LogP contribution in [0.1, 0.15) is 55.4 Å². The summed E-state index contributed by atoms with van der Waals surface area (Å²) in [5.74, 6) is 1.92. The predicted octanol–water partition coefficient (Wildman–Crippen LogP) is 4.82. The van der Waals surface area contributed by atoms with Gasteiger partial charge >= 0.3 is 0 Å². The summed E-state index contributed by atoms with van der Waals surface area (Å²) in [5, 5.41) is 11.2. The van der Waals surface area contributed by atoms with E-state index in [1.807, 2.05) is 0 Å². The first-order valence-electron chi connectivity index (χ1n) is 7.78. The molecule has 0 radical (unpaired) electrons. The number of hydrogen-bond acceptors (Lipinski definition) is 1. The minimum Gasteiger partial charge on any atom is -0.385 e. The second kappa shape index (κ2) is 5.83. The summed E-state index contributed by atoms with van der Waals surface area (Å²) < 4.78 is 0. The van der Waals surface area contributed by atoms with E-state index in [1.165, 1.54) is 11.1 Å². The topological polar surface area (TPSA) is 20.2 Å². The van der Waals surface area contributed by atoms with E-state index in [0.717, 1.165) is 0 Å². The van der Waals surface area contributed by atoms with Crippen molar-refractivity contribution in [1.82, 2.24) is 0 Å². The summed E-state index contributed by atoms with van der Waals surface area (Å²) in [6.45, 7) is 17.7. The Balaban J connectivity index is 3.44. The van der Waals surface area contributed by atoms with Gasteiger partial charge in [-0.2, -0.15) is 0 Å². The van der Waals surface area contributed by atoms with E-state index >= 15 is 0 Å². The van der Waals surface area contributed by atoms with Crippen molar-refractivity contribution < 1.29 is 5.11 Å². The lowest BCUT2D eigenvalue weighted by molar-refractivity contribution is -0.0224. The Morgan fingerprint density at radius 1 is 0.947 bits per heavy atom. The Morgan fingerprint density at radius 3 is 1.79 bits per heavy atom. The van der Waals surface area contributed by atoms with Gasteiger partial charge in [0, 0.05) is 5.92 Å². The van der Waals surface area contributed by atoms with Crippen molar-refractivity contribution in [2.24, 2.45) is 29.6 Å². The van der Waals surface area contributed by atoms with Crippen LogP contribution in [0.5, 0.6) is 0 Å². The van der Waals surface area contributed by atoms with Gasteiger partial charge in [0.1, 0.15) is 0 Å². The molecule has 0 aromatic carbocycles. The third-order valence-electron chi connectivity index (χ3n) is 4.53.